The Balaban J connectivity index is 1.81. The molecule has 2 aliphatic rings. The van der Waals surface area contributed by atoms with E-state index in [9.17, 15) is 35.3 Å². The van der Waals surface area contributed by atoms with E-state index in [-0.39, 0.29) is 36.4 Å². The number of amides is 1. The van der Waals surface area contributed by atoms with Gasteiger partial charge in [0.05, 0.1) is 27.4 Å². The molecule has 7 nitrogen and oxygen atoms in total. The molecule has 1 atom stereocenters. The molecular formula is C21H23F6N5O2S. The Kier molecular flexibility index (Phi) is 6.17. The standard InChI is InChI=1S/C21H23F6N5O2S/c1-35(28,34)14-10-13(6-9-29-14)30-18(33)17-15(20(22,23)24)16(12-4-5-12)31-32(17)11-19(21(25,26)27)7-2-3-8-19/h6,9-10,12,28H,2-5,7-8,11H2,1H3,(H,29,30,33). The van der Waals surface area contributed by atoms with E-state index in [1.54, 1.807) is 0 Å². The van der Waals surface area contributed by atoms with E-state index in [1.165, 1.54) is 6.07 Å². The van der Waals surface area contributed by atoms with Gasteiger partial charge in [0.25, 0.3) is 5.91 Å². The Labute approximate surface area is 197 Å². The molecule has 2 aromatic heterocycles. The predicted molar refractivity (Wildman–Crippen MR) is 113 cm³/mol. The zero-order valence-electron chi connectivity index (χ0n) is 18.6. The van der Waals surface area contributed by atoms with Gasteiger partial charge in [0.2, 0.25) is 0 Å². The first-order valence-electron chi connectivity index (χ1n) is 10.9. The molecule has 35 heavy (non-hydrogen) atoms. The summed E-state index contributed by atoms with van der Waals surface area (Å²) in [5, 5.41) is 5.96. The molecule has 2 heterocycles. The first-order valence-corrected chi connectivity index (χ1v) is 12.8. The fourth-order valence-electron chi connectivity index (χ4n) is 4.51. The van der Waals surface area contributed by atoms with Crippen molar-refractivity contribution in [1.82, 2.24) is 14.8 Å². The second-order valence-corrected chi connectivity index (χ2v) is 11.3. The smallest absolute Gasteiger partial charge is 0.320 e. The Bertz CT molecular complexity index is 1240. The Morgan fingerprint density at radius 2 is 1.86 bits per heavy atom. The molecule has 0 spiro atoms. The molecule has 0 bridgehead atoms. The molecule has 4 rings (SSSR count). The maximum atomic E-state index is 14.1. The van der Waals surface area contributed by atoms with Crippen molar-refractivity contribution in [3.05, 3.63) is 35.3 Å². The predicted octanol–water partition coefficient (Wildman–Crippen LogP) is 5.58. The number of aromatic nitrogens is 3. The second-order valence-electron chi connectivity index (χ2n) is 9.20. The number of alkyl halides is 6. The lowest BCUT2D eigenvalue weighted by Gasteiger charge is -2.32. The van der Waals surface area contributed by atoms with Crippen molar-refractivity contribution in [2.24, 2.45) is 5.41 Å². The average Bonchev–Trinajstić information content (AvgIpc) is 3.32. The van der Waals surface area contributed by atoms with E-state index in [0.29, 0.717) is 17.5 Å². The first kappa shape index (κ1) is 25.5. The lowest BCUT2D eigenvalue weighted by Crippen LogP contribution is -2.40. The van der Waals surface area contributed by atoms with Crippen LogP contribution in [0.1, 0.15) is 66.2 Å². The van der Waals surface area contributed by atoms with Crippen molar-refractivity contribution in [3.63, 3.8) is 0 Å². The van der Waals surface area contributed by atoms with E-state index in [4.69, 9.17) is 4.78 Å². The molecule has 2 N–H and O–H groups in total. The highest BCUT2D eigenvalue weighted by molar-refractivity contribution is 7.91. The van der Waals surface area contributed by atoms with Gasteiger partial charge in [-0.2, -0.15) is 31.4 Å². The summed E-state index contributed by atoms with van der Waals surface area (Å²) in [5.74, 6) is -1.87. The zero-order valence-corrected chi connectivity index (χ0v) is 19.4. The van der Waals surface area contributed by atoms with Crippen molar-refractivity contribution >= 4 is 21.3 Å². The third-order valence-corrected chi connectivity index (χ3v) is 7.47. The minimum absolute atomic E-state index is 0.0953. The number of carbonyl (C=O) groups excluding carboxylic acids is 1. The van der Waals surface area contributed by atoms with Crippen LogP contribution in [-0.2, 0) is 22.5 Å². The molecule has 14 heteroatoms. The molecule has 2 fully saturated rings. The minimum Gasteiger partial charge on any atom is -0.320 e. The lowest BCUT2D eigenvalue weighted by atomic mass is 9.85. The van der Waals surface area contributed by atoms with Gasteiger partial charge in [0, 0.05) is 24.1 Å². The first-order chi connectivity index (χ1) is 16.1. The monoisotopic (exact) mass is 523 g/mol. The molecule has 2 aromatic rings. The number of pyridine rings is 1. The van der Waals surface area contributed by atoms with Crippen molar-refractivity contribution < 1.29 is 35.3 Å². The lowest BCUT2D eigenvalue weighted by molar-refractivity contribution is -0.228. The van der Waals surface area contributed by atoms with E-state index in [2.05, 4.69) is 15.4 Å². The summed E-state index contributed by atoms with van der Waals surface area (Å²) in [5.41, 5.74) is -5.11. The Hall–Kier alpha value is -2.64. The molecular weight excluding hydrogens is 500 g/mol. The van der Waals surface area contributed by atoms with Gasteiger partial charge in [-0.3, -0.25) is 9.48 Å². The van der Waals surface area contributed by atoms with Gasteiger partial charge in [-0.1, -0.05) is 12.8 Å². The molecule has 0 aliphatic heterocycles. The van der Waals surface area contributed by atoms with E-state index >= 15 is 0 Å². The van der Waals surface area contributed by atoms with Crippen LogP contribution in [-0.4, -0.2) is 37.3 Å². The number of nitrogens with one attached hydrogen (secondary N) is 2. The zero-order chi connectivity index (χ0) is 25.8. The van der Waals surface area contributed by atoms with Crippen LogP contribution >= 0.6 is 0 Å². The largest absolute Gasteiger partial charge is 0.420 e. The van der Waals surface area contributed by atoms with Gasteiger partial charge in [0.1, 0.15) is 16.3 Å². The van der Waals surface area contributed by atoms with E-state index < -0.39 is 62.8 Å². The third-order valence-electron chi connectivity index (χ3n) is 6.45. The molecule has 192 valence electrons. The molecule has 1 amide bonds. The minimum atomic E-state index is -5.02. The number of rotatable bonds is 6. The highest BCUT2D eigenvalue weighted by Crippen LogP contribution is 2.53. The SMILES string of the molecule is CS(=N)(=O)c1cc(NC(=O)c2c(C(F)(F)F)c(C3CC3)nn2CC2(C(F)(F)F)CCCC2)ccn1. The highest BCUT2D eigenvalue weighted by Gasteiger charge is 2.57. The fraction of sp³-hybridized carbons (Fsp3) is 0.571. The number of carbonyl (C=O) groups is 1. The molecule has 0 aromatic carbocycles. The summed E-state index contributed by atoms with van der Waals surface area (Å²) >= 11 is 0. The summed E-state index contributed by atoms with van der Waals surface area (Å²) in [6.07, 6.45) is -6.70. The second kappa shape index (κ2) is 8.49. The average molecular weight is 524 g/mol. The number of nitrogens with zero attached hydrogens (tertiary/aromatic N) is 3. The van der Waals surface area contributed by atoms with Crippen LogP contribution in [0.25, 0.3) is 0 Å². The normalized spacial score (nSPS) is 20.0. The third kappa shape index (κ3) is 5.02. The fourth-order valence-corrected chi connectivity index (χ4v) is 5.12. The number of anilines is 1. The summed E-state index contributed by atoms with van der Waals surface area (Å²) in [7, 11) is -3.29. The van der Waals surface area contributed by atoms with Gasteiger partial charge >= 0.3 is 12.4 Å². The van der Waals surface area contributed by atoms with Crippen molar-refractivity contribution in [2.45, 2.75) is 68.4 Å². The molecule has 0 saturated heterocycles. The van der Waals surface area contributed by atoms with Gasteiger partial charge in [0.15, 0.2) is 0 Å². The Morgan fingerprint density at radius 1 is 1.23 bits per heavy atom. The van der Waals surface area contributed by atoms with Crippen LogP contribution in [0.2, 0.25) is 0 Å². The summed E-state index contributed by atoms with van der Waals surface area (Å²) < 4.78 is 105. The van der Waals surface area contributed by atoms with Gasteiger partial charge < -0.3 is 5.32 Å². The summed E-state index contributed by atoms with van der Waals surface area (Å²) in [6.45, 7) is -0.897. The summed E-state index contributed by atoms with van der Waals surface area (Å²) in [4.78, 5) is 16.9. The van der Waals surface area contributed by atoms with Crippen LogP contribution in [0.5, 0.6) is 0 Å². The van der Waals surface area contributed by atoms with Crippen LogP contribution < -0.4 is 5.32 Å². The van der Waals surface area contributed by atoms with Crippen LogP contribution in [0.15, 0.2) is 23.4 Å². The van der Waals surface area contributed by atoms with Crippen LogP contribution in [0.4, 0.5) is 32.0 Å². The van der Waals surface area contributed by atoms with Gasteiger partial charge in [-0.25, -0.2) is 14.0 Å². The topological polar surface area (TPSA) is 101 Å². The number of halogens is 6. The van der Waals surface area contributed by atoms with Crippen molar-refractivity contribution in [1.29, 1.82) is 4.78 Å². The number of hydrogen-bond donors (Lipinski definition) is 2. The molecule has 2 saturated carbocycles. The van der Waals surface area contributed by atoms with Gasteiger partial charge in [-0.05, 0) is 37.8 Å². The number of hydrogen-bond acceptors (Lipinski definition) is 5. The molecule has 2 aliphatic carbocycles. The molecule has 0 radical (unpaired) electrons. The van der Waals surface area contributed by atoms with E-state index in [0.717, 1.165) is 18.5 Å². The highest BCUT2D eigenvalue weighted by atomic mass is 32.2. The van der Waals surface area contributed by atoms with Gasteiger partial charge in [-0.15, -0.1) is 0 Å². The van der Waals surface area contributed by atoms with Crippen molar-refractivity contribution in [3.8, 4) is 0 Å². The van der Waals surface area contributed by atoms with Crippen molar-refractivity contribution in [2.75, 3.05) is 11.6 Å². The van der Waals surface area contributed by atoms with E-state index in [1.807, 2.05) is 0 Å². The maximum absolute atomic E-state index is 14.1. The maximum Gasteiger partial charge on any atom is 0.420 e. The molecule has 1 unspecified atom stereocenters. The van der Waals surface area contributed by atoms with Crippen LogP contribution in [0.3, 0.4) is 0 Å². The Morgan fingerprint density at radius 3 is 2.37 bits per heavy atom. The summed E-state index contributed by atoms with van der Waals surface area (Å²) in [6, 6.07) is 2.30. The quantitative estimate of drug-likeness (QED) is 0.483. The van der Waals surface area contributed by atoms with Crippen LogP contribution in [0, 0.1) is 10.2 Å².